The van der Waals surface area contributed by atoms with Crippen molar-refractivity contribution in [3.8, 4) is 0 Å². The maximum absolute atomic E-state index is 10.9. The van der Waals surface area contributed by atoms with Crippen molar-refractivity contribution in [3.63, 3.8) is 0 Å². The lowest BCUT2D eigenvalue weighted by Crippen LogP contribution is -2.31. The topological polar surface area (TPSA) is 74.6 Å². The van der Waals surface area contributed by atoms with Crippen LogP contribution < -0.4 is 0 Å². The fraction of sp³-hybridized carbons (Fsp3) is 0.778. The lowest BCUT2D eigenvalue weighted by Gasteiger charge is -2.28. The van der Waals surface area contributed by atoms with Crippen LogP contribution in [0.3, 0.4) is 0 Å². The van der Waals surface area contributed by atoms with Gasteiger partial charge in [-0.2, -0.15) is 0 Å². The lowest BCUT2D eigenvalue weighted by atomic mass is 9.87. The van der Waals surface area contributed by atoms with Gasteiger partial charge in [0.2, 0.25) is 0 Å². The molecule has 0 rings (SSSR count). The second-order valence-corrected chi connectivity index (χ2v) is 8.22. The first-order valence-corrected chi connectivity index (χ1v) is 5.98. The number of aliphatic carboxylic acids is 2. The molecule has 0 bridgehead atoms. The first-order valence-electron chi connectivity index (χ1n) is 4.40. The number of alkyl halides is 2. The third-order valence-electron chi connectivity index (χ3n) is 1.98. The van der Waals surface area contributed by atoms with E-state index in [1.165, 1.54) is 0 Å². The Morgan fingerprint density at radius 2 is 1.67 bits per heavy atom. The molecule has 0 aliphatic rings. The molecule has 88 valence electrons. The molecule has 0 saturated carbocycles. The number of carboxylic acid groups (broad SMARTS) is 2. The van der Waals surface area contributed by atoms with Gasteiger partial charge in [-0.3, -0.25) is 9.59 Å². The highest BCUT2D eigenvalue weighted by atomic mass is 79.9. The van der Waals surface area contributed by atoms with Crippen molar-refractivity contribution in [1.82, 2.24) is 0 Å². The predicted octanol–water partition coefficient (Wildman–Crippen LogP) is 2.84. The number of carbonyl (C=O) groups is 2. The summed E-state index contributed by atoms with van der Waals surface area (Å²) in [5.74, 6) is -1.80. The average Bonchev–Trinajstić information content (AvgIpc) is 1.99. The number of hydrogen-bond acceptors (Lipinski definition) is 2. The van der Waals surface area contributed by atoms with Gasteiger partial charge in [0.25, 0.3) is 0 Å². The molecule has 0 aromatic rings. The van der Waals surface area contributed by atoms with Crippen LogP contribution in [0.4, 0.5) is 0 Å². The fourth-order valence-electron chi connectivity index (χ4n) is 1.10. The van der Waals surface area contributed by atoms with E-state index in [9.17, 15) is 9.59 Å². The molecule has 0 saturated heterocycles. The molecule has 0 aliphatic carbocycles. The summed E-state index contributed by atoms with van der Waals surface area (Å²) in [6.45, 7) is 3.21. The third kappa shape index (κ3) is 6.14. The largest absolute Gasteiger partial charge is 0.481 e. The van der Waals surface area contributed by atoms with Gasteiger partial charge in [0.15, 0.2) is 0 Å². The Labute approximate surface area is 105 Å². The minimum absolute atomic E-state index is 0.00774. The summed E-state index contributed by atoms with van der Waals surface area (Å²) >= 11 is 6.61. The molecule has 0 amide bonds. The van der Waals surface area contributed by atoms with Crippen LogP contribution in [0.15, 0.2) is 0 Å². The van der Waals surface area contributed by atoms with E-state index in [0.717, 1.165) is 0 Å². The van der Waals surface area contributed by atoms with E-state index in [1.54, 1.807) is 13.8 Å². The van der Waals surface area contributed by atoms with Crippen molar-refractivity contribution >= 4 is 43.8 Å². The summed E-state index contributed by atoms with van der Waals surface area (Å²) in [6, 6.07) is 0. The quantitative estimate of drug-likeness (QED) is 0.726. The Morgan fingerprint density at radius 3 is 2.00 bits per heavy atom. The van der Waals surface area contributed by atoms with Crippen molar-refractivity contribution in [2.45, 2.75) is 36.3 Å². The van der Waals surface area contributed by atoms with Gasteiger partial charge in [-0.25, -0.2) is 0 Å². The number of halogens is 2. The zero-order valence-electron chi connectivity index (χ0n) is 8.59. The first-order chi connectivity index (χ1) is 6.57. The number of carboxylic acids is 2. The van der Waals surface area contributed by atoms with Crippen molar-refractivity contribution in [3.05, 3.63) is 0 Å². The van der Waals surface area contributed by atoms with Crippen LogP contribution in [0.2, 0.25) is 0 Å². The van der Waals surface area contributed by atoms with Crippen molar-refractivity contribution in [1.29, 1.82) is 0 Å². The maximum atomic E-state index is 10.9. The summed E-state index contributed by atoms with van der Waals surface area (Å²) in [5, 5.41) is 17.5. The number of hydrogen-bond donors (Lipinski definition) is 2. The Morgan fingerprint density at radius 1 is 1.20 bits per heavy atom. The highest BCUT2D eigenvalue weighted by Crippen LogP contribution is 2.42. The van der Waals surface area contributed by atoms with Crippen LogP contribution in [-0.4, -0.2) is 25.4 Å². The second-order valence-electron chi connectivity index (χ2n) is 4.12. The molecule has 0 fully saturated rings. The van der Waals surface area contributed by atoms with Gasteiger partial charge >= 0.3 is 11.9 Å². The molecule has 0 spiro atoms. The molecular formula is C9H14Br2O4. The highest BCUT2D eigenvalue weighted by molar-refractivity contribution is 9.25. The smallest absolute Gasteiger partial charge is 0.309 e. The average molecular weight is 346 g/mol. The molecule has 0 atom stereocenters. The molecule has 0 radical (unpaired) electrons. The van der Waals surface area contributed by atoms with Crippen LogP contribution in [0, 0.1) is 5.41 Å². The van der Waals surface area contributed by atoms with Crippen LogP contribution in [-0.2, 0) is 9.59 Å². The van der Waals surface area contributed by atoms with E-state index in [-0.39, 0.29) is 6.42 Å². The maximum Gasteiger partial charge on any atom is 0.309 e. The monoisotopic (exact) mass is 344 g/mol. The van der Waals surface area contributed by atoms with E-state index in [0.29, 0.717) is 12.8 Å². The summed E-state index contributed by atoms with van der Waals surface area (Å²) < 4.78 is -0.639. The van der Waals surface area contributed by atoms with Crippen LogP contribution in [0.25, 0.3) is 0 Å². The summed E-state index contributed by atoms with van der Waals surface area (Å²) in [7, 11) is 0. The second kappa shape index (κ2) is 5.30. The molecule has 4 nitrogen and oxygen atoms in total. The van der Waals surface area contributed by atoms with E-state index in [2.05, 4.69) is 31.9 Å². The highest BCUT2D eigenvalue weighted by Gasteiger charge is 2.37. The van der Waals surface area contributed by atoms with Gasteiger partial charge in [-0.1, -0.05) is 31.9 Å². The van der Waals surface area contributed by atoms with Crippen LogP contribution >= 0.6 is 31.9 Å². The lowest BCUT2D eigenvalue weighted by molar-refractivity contribution is -0.147. The zero-order valence-corrected chi connectivity index (χ0v) is 11.8. The molecule has 0 aliphatic heterocycles. The molecule has 0 aromatic carbocycles. The number of rotatable bonds is 6. The summed E-state index contributed by atoms with van der Waals surface area (Å²) in [4.78, 5) is 21.3. The summed E-state index contributed by atoms with van der Waals surface area (Å²) in [5.41, 5.74) is -0.897. The minimum Gasteiger partial charge on any atom is -0.481 e. The van der Waals surface area contributed by atoms with Gasteiger partial charge in [0.1, 0.15) is 0 Å². The minimum atomic E-state index is -0.902. The molecule has 0 unspecified atom stereocenters. The molecule has 15 heavy (non-hydrogen) atoms. The standard InChI is InChI=1S/C9H14Br2O4/c1-8(2,7(14)15)5-9(10,11)4-3-6(12)13/h3-5H2,1-2H3,(H,12,13)(H,14,15). The molecule has 2 N–H and O–H groups in total. The zero-order chi connectivity index (χ0) is 12.3. The molecule has 0 aromatic heterocycles. The van der Waals surface area contributed by atoms with Gasteiger partial charge in [-0.15, -0.1) is 0 Å². The Balaban J connectivity index is 4.36. The predicted molar refractivity (Wildman–Crippen MR) is 63.5 cm³/mol. The van der Waals surface area contributed by atoms with Crippen molar-refractivity contribution in [2.24, 2.45) is 5.41 Å². The SMILES string of the molecule is CC(C)(CC(Br)(Br)CCC(=O)O)C(=O)O. The van der Waals surface area contributed by atoms with E-state index < -0.39 is 20.6 Å². The van der Waals surface area contributed by atoms with Crippen molar-refractivity contribution < 1.29 is 19.8 Å². The van der Waals surface area contributed by atoms with Gasteiger partial charge in [0, 0.05) is 6.42 Å². The van der Waals surface area contributed by atoms with E-state index in [1.807, 2.05) is 0 Å². The van der Waals surface area contributed by atoms with Crippen LogP contribution in [0.1, 0.15) is 33.1 Å². The normalized spacial score (nSPS) is 12.5. The molecule has 0 heterocycles. The van der Waals surface area contributed by atoms with Crippen molar-refractivity contribution in [2.75, 3.05) is 0 Å². The fourth-order valence-corrected chi connectivity index (χ4v) is 2.90. The third-order valence-corrected chi connectivity index (χ3v) is 3.34. The van der Waals surface area contributed by atoms with E-state index in [4.69, 9.17) is 10.2 Å². The Bertz CT molecular complexity index is 261. The Hall–Kier alpha value is -0.100. The summed E-state index contributed by atoms with van der Waals surface area (Å²) in [6.07, 6.45) is 0.633. The molecular weight excluding hydrogens is 332 g/mol. The van der Waals surface area contributed by atoms with E-state index >= 15 is 0 Å². The van der Waals surface area contributed by atoms with Gasteiger partial charge in [0.05, 0.1) is 8.65 Å². The first kappa shape index (κ1) is 14.9. The van der Waals surface area contributed by atoms with Crippen LogP contribution in [0.5, 0.6) is 0 Å². The molecule has 6 heteroatoms. The Kier molecular flexibility index (Phi) is 5.26. The van der Waals surface area contributed by atoms with Gasteiger partial charge in [-0.05, 0) is 26.7 Å². The van der Waals surface area contributed by atoms with Gasteiger partial charge < -0.3 is 10.2 Å².